The Kier molecular flexibility index (Phi) is 3.59. The van der Waals surface area contributed by atoms with Gasteiger partial charge >= 0.3 is 0 Å². The minimum absolute atomic E-state index is 0.0546. The Morgan fingerprint density at radius 1 is 1.54 bits per heavy atom. The van der Waals surface area contributed by atoms with Crippen LogP contribution < -0.4 is 0 Å². The lowest BCUT2D eigenvalue weighted by atomic mass is 10.1. The van der Waals surface area contributed by atoms with E-state index in [9.17, 15) is 4.21 Å². The van der Waals surface area contributed by atoms with Gasteiger partial charge in [-0.2, -0.15) is 0 Å². The fourth-order valence-corrected chi connectivity index (χ4v) is 1.55. The van der Waals surface area contributed by atoms with Crippen LogP contribution in [-0.4, -0.2) is 13.9 Å². The summed E-state index contributed by atoms with van der Waals surface area (Å²) in [6, 6.07) is 7.25. The first kappa shape index (κ1) is 10.4. The molecule has 1 N–H and O–H groups in total. The van der Waals surface area contributed by atoms with Gasteiger partial charge in [-0.3, -0.25) is 4.55 Å². The number of halogens is 1. The predicted octanol–water partition coefficient (Wildman–Crippen LogP) is 2.12. The highest BCUT2D eigenvalue weighted by atomic mass is 35.5. The SMILES string of the molecule is Cc1ccccc1/C(Cl)=N\S(=O)O. The van der Waals surface area contributed by atoms with E-state index in [0.29, 0.717) is 5.56 Å². The molecule has 1 aromatic carbocycles. The van der Waals surface area contributed by atoms with Crippen molar-refractivity contribution >= 4 is 28.0 Å². The minimum Gasteiger partial charge on any atom is -0.288 e. The first-order valence-electron chi connectivity index (χ1n) is 3.52. The molecule has 0 amide bonds. The molecule has 0 radical (unpaired) electrons. The quantitative estimate of drug-likeness (QED) is 0.610. The van der Waals surface area contributed by atoms with Crippen LogP contribution >= 0.6 is 11.6 Å². The molecule has 5 heteroatoms. The van der Waals surface area contributed by atoms with Crippen molar-refractivity contribution in [3.8, 4) is 0 Å². The Morgan fingerprint density at radius 2 is 2.15 bits per heavy atom. The van der Waals surface area contributed by atoms with Crippen molar-refractivity contribution in [2.45, 2.75) is 6.92 Å². The summed E-state index contributed by atoms with van der Waals surface area (Å²) in [5, 5.41) is 0.0546. The van der Waals surface area contributed by atoms with Gasteiger partial charge in [-0.05, 0) is 12.5 Å². The van der Waals surface area contributed by atoms with Gasteiger partial charge < -0.3 is 0 Å². The normalized spacial score (nSPS) is 14.2. The highest BCUT2D eigenvalue weighted by Gasteiger charge is 2.03. The van der Waals surface area contributed by atoms with E-state index in [1.807, 2.05) is 19.1 Å². The van der Waals surface area contributed by atoms with Gasteiger partial charge in [0.15, 0.2) is 0 Å². The van der Waals surface area contributed by atoms with Crippen LogP contribution in [0.1, 0.15) is 11.1 Å². The number of nitrogens with zero attached hydrogens (tertiary/aromatic N) is 1. The van der Waals surface area contributed by atoms with Crippen molar-refractivity contribution in [2.75, 3.05) is 0 Å². The summed E-state index contributed by atoms with van der Waals surface area (Å²) in [6.07, 6.45) is 0. The molecule has 0 saturated heterocycles. The second kappa shape index (κ2) is 4.50. The fraction of sp³-hybridized carbons (Fsp3) is 0.125. The van der Waals surface area contributed by atoms with Crippen LogP contribution in [0, 0.1) is 6.92 Å². The first-order valence-corrected chi connectivity index (χ1v) is 4.96. The van der Waals surface area contributed by atoms with E-state index in [1.54, 1.807) is 12.1 Å². The lowest BCUT2D eigenvalue weighted by molar-refractivity contribution is 0.566. The smallest absolute Gasteiger partial charge is 0.283 e. The minimum atomic E-state index is -2.25. The van der Waals surface area contributed by atoms with E-state index in [2.05, 4.69) is 4.40 Å². The average Bonchev–Trinajstić information content (AvgIpc) is 2.03. The van der Waals surface area contributed by atoms with E-state index in [0.717, 1.165) is 5.56 Å². The summed E-state index contributed by atoms with van der Waals surface area (Å²) in [5.41, 5.74) is 1.59. The maximum Gasteiger partial charge on any atom is 0.283 e. The van der Waals surface area contributed by atoms with Crippen molar-refractivity contribution in [1.82, 2.24) is 0 Å². The largest absolute Gasteiger partial charge is 0.288 e. The molecule has 70 valence electrons. The third-order valence-corrected chi connectivity index (χ3v) is 2.25. The molecule has 0 aliphatic rings. The molecule has 1 aromatic rings. The molecule has 0 aliphatic heterocycles. The summed E-state index contributed by atoms with van der Waals surface area (Å²) in [5.74, 6) is 0. The number of hydrogen-bond acceptors (Lipinski definition) is 1. The monoisotopic (exact) mass is 217 g/mol. The Labute approximate surface area is 83.9 Å². The van der Waals surface area contributed by atoms with Gasteiger partial charge in [0.2, 0.25) is 0 Å². The Balaban J connectivity index is 3.08. The Morgan fingerprint density at radius 3 is 2.69 bits per heavy atom. The van der Waals surface area contributed by atoms with Crippen molar-refractivity contribution in [3.63, 3.8) is 0 Å². The molecule has 1 unspecified atom stereocenters. The van der Waals surface area contributed by atoms with Crippen LogP contribution in [-0.2, 0) is 11.3 Å². The second-order valence-electron chi connectivity index (χ2n) is 2.43. The van der Waals surface area contributed by atoms with Crippen LogP contribution in [0.25, 0.3) is 0 Å². The maximum atomic E-state index is 10.3. The van der Waals surface area contributed by atoms with E-state index in [-0.39, 0.29) is 5.17 Å². The summed E-state index contributed by atoms with van der Waals surface area (Å²) in [7, 11) is 0. The van der Waals surface area contributed by atoms with Crippen molar-refractivity contribution in [1.29, 1.82) is 0 Å². The second-order valence-corrected chi connectivity index (χ2v) is 3.43. The van der Waals surface area contributed by atoms with Crippen molar-refractivity contribution in [2.24, 2.45) is 4.40 Å². The zero-order valence-electron chi connectivity index (χ0n) is 6.90. The van der Waals surface area contributed by atoms with Gasteiger partial charge in [-0.1, -0.05) is 35.9 Å². The highest BCUT2D eigenvalue weighted by molar-refractivity contribution is 7.78. The van der Waals surface area contributed by atoms with Crippen molar-refractivity contribution < 1.29 is 8.76 Å². The fourth-order valence-electron chi connectivity index (χ4n) is 0.922. The lowest BCUT2D eigenvalue weighted by Crippen LogP contribution is -1.96. The molecule has 3 nitrogen and oxygen atoms in total. The van der Waals surface area contributed by atoms with E-state index >= 15 is 0 Å². The van der Waals surface area contributed by atoms with Gasteiger partial charge in [-0.15, -0.1) is 4.40 Å². The van der Waals surface area contributed by atoms with Gasteiger partial charge in [0.05, 0.1) is 0 Å². The van der Waals surface area contributed by atoms with E-state index < -0.39 is 11.3 Å². The number of aryl methyl sites for hydroxylation is 1. The molecule has 0 bridgehead atoms. The van der Waals surface area contributed by atoms with Crippen LogP contribution in [0.3, 0.4) is 0 Å². The third-order valence-electron chi connectivity index (χ3n) is 1.53. The highest BCUT2D eigenvalue weighted by Crippen LogP contribution is 2.11. The molecule has 0 aromatic heterocycles. The average molecular weight is 218 g/mol. The van der Waals surface area contributed by atoms with Crippen molar-refractivity contribution in [3.05, 3.63) is 35.4 Å². The summed E-state index contributed by atoms with van der Waals surface area (Å²) < 4.78 is 22.1. The predicted molar refractivity (Wildman–Crippen MR) is 54.3 cm³/mol. The first-order chi connectivity index (χ1) is 6.11. The third kappa shape index (κ3) is 2.91. The topological polar surface area (TPSA) is 49.7 Å². The lowest BCUT2D eigenvalue weighted by Gasteiger charge is -2.00. The zero-order valence-corrected chi connectivity index (χ0v) is 8.47. The van der Waals surface area contributed by atoms with Crippen LogP contribution in [0.5, 0.6) is 0 Å². The maximum absolute atomic E-state index is 10.3. The van der Waals surface area contributed by atoms with Gasteiger partial charge in [0.1, 0.15) is 5.17 Å². The van der Waals surface area contributed by atoms with Gasteiger partial charge in [0.25, 0.3) is 11.3 Å². The molecule has 0 spiro atoms. The summed E-state index contributed by atoms with van der Waals surface area (Å²) >= 11 is 3.46. The molecule has 1 rings (SSSR count). The van der Waals surface area contributed by atoms with E-state index in [4.69, 9.17) is 16.2 Å². The molecular formula is C8H8ClNO2S. The molecule has 0 saturated carbocycles. The Bertz CT molecular complexity index is 365. The van der Waals surface area contributed by atoms with Gasteiger partial charge in [0, 0.05) is 5.56 Å². The number of rotatable bonds is 2. The zero-order chi connectivity index (χ0) is 9.84. The summed E-state index contributed by atoms with van der Waals surface area (Å²) in [6.45, 7) is 1.85. The molecule has 1 atom stereocenters. The number of benzene rings is 1. The molecule has 13 heavy (non-hydrogen) atoms. The number of hydrogen-bond donors (Lipinski definition) is 1. The standard InChI is InChI=1S/C8H8ClNO2S/c1-6-4-2-3-5-7(6)8(9)10-13(11)12/h2-5H,1H3,(H,11,12)/b10-8+. The van der Waals surface area contributed by atoms with Gasteiger partial charge in [-0.25, -0.2) is 4.21 Å². The molecule has 0 fully saturated rings. The summed E-state index contributed by atoms with van der Waals surface area (Å²) in [4.78, 5) is 0. The molecule has 0 aliphatic carbocycles. The van der Waals surface area contributed by atoms with Crippen LogP contribution in [0.2, 0.25) is 0 Å². The molecule has 0 heterocycles. The van der Waals surface area contributed by atoms with Crippen LogP contribution in [0.4, 0.5) is 0 Å². The molecular weight excluding hydrogens is 210 g/mol. The van der Waals surface area contributed by atoms with E-state index in [1.165, 1.54) is 0 Å². The Hall–Kier alpha value is -0.710. The van der Waals surface area contributed by atoms with Crippen LogP contribution in [0.15, 0.2) is 28.7 Å².